The van der Waals surface area contributed by atoms with Crippen molar-refractivity contribution in [2.75, 3.05) is 6.54 Å². The van der Waals surface area contributed by atoms with Crippen LogP contribution in [0.3, 0.4) is 0 Å². The molecule has 1 unspecified atom stereocenters. The molecule has 78 valence electrons. The molecule has 3 nitrogen and oxygen atoms in total. The predicted octanol–water partition coefficient (Wildman–Crippen LogP) is 1.73. The van der Waals surface area contributed by atoms with E-state index in [0.29, 0.717) is 0 Å². The van der Waals surface area contributed by atoms with Crippen molar-refractivity contribution in [3.05, 3.63) is 23.2 Å². The molecule has 0 spiro atoms. The van der Waals surface area contributed by atoms with E-state index >= 15 is 0 Å². The van der Waals surface area contributed by atoms with E-state index in [1.54, 1.807) is 0 Å². The van der Waals surface area contributed by atoms with Crippen LogP contribution in [0.2, 0.25) is 5.15 Å². The van der Waals surface area contributed by atoms with Crippen LogP contribution < -0.4 is 5.73 Å². The molecule has 1 atom stereocenters. The third-order valence-corrected chi connectivity index (χ3v) is 1.82. The third kappa shape index (κ3) is 2.55. The Morgan fingerprint density at radius 3 is 2.36 bits per heavy atom. The number of aromatic nitrogens is 2. The molecular weight excluding hydrogens is 219 g/mol. The molecule has 1 aromatic heterocycles. The maximum Gasteiger partial charge on any atom is 0.398 e. The van der Waals surface area contributed by atoms with Gasteiger partial charge in [-0.1, -0.05) is 11.6 Å². The van der Waals surface area contributed by atoms with Gasteiger partial charge in [-0.25, -0.2) is 4.98 Å². The highest BCUT2D eigenvalue weighted by Crippen LogP contribution is 2.32. The molecular formula is C7H7ClF3N3. The van der Waals surface area contributed by atoms with E-state index < -0.39 is 18.6 Å². The summed E-state index contributed by atoms with van der Waals surface area (Å²) in [5.74, 6) is -1.78. The number of nitrogens with zero attached hydrogens (tertiary/aromatic N) is 2. The van der Waals surface area contributed by atoms with E-state index in [1.165, 1.54) is 0 Å². The van der Waals surface area contributed by atoms with Crippen molar-refractivity contribution in [1.82, 2.24) is 9.97 Å². The average molecular weight is 226 g/mol. The van der Waals surface area contributed by atoms with Gasteiger partial charge in [0.25, 0.3) is 0 Å². The van der Waals surface area contributed by atoms with Crippen LogP contribution >= 0.6 is 11.6 Å². The van der Waals surface area contributed by atoms with Crippen LogP contribution in [0.15, 0.2) is 12.4 Å². The molecule has 1 heterocycles. The summed E-state index contributed by atoms with van der Waals surface area (Å²) in [5.41, 5.74) is 4.79. The van der Waals surface area contributed by atoms with Gasteiger partial charge in [-0.15, -0.1) is 0 Å². The smallest absolute Gasteiger partial charge is 0.329 e. The highest BCUT2D eigenvalue weighted by atomic mass is 35.5. The lowest BCUT2D eigenvalue weighted by Crippen LogP contribution is -2.28. The molecule has 1 aromatic rings. The van der Waals surface area contributed by atoms with Gasteiger partial charge in [0, 0.05) is 6.54 Å². The topological polar surface area (TPSA) is 51.8 Å². The first-order chi connectivity index (χ1) is 6.45. The summed E-state index contributed by atoms with van der Waals surface area (Å²) in [7, 11) is 0. The minimum atomic E-state index is -4.41. The van der Waals surface area contributed by atoms with Gasteiger partial charge >= 0.3 is 6.18 Å². The van der Waals surface area contributed by atoms with Crippen molar-refractivity contribution in [3.63, 3.8) is 0 Å². The van der Waals surface area contributed by atoms with Gasteiger partial charge in [0.1, 0.15) is 11.1 Å². The van der Waals surface area contributed by atoms with Crippen LogP contribution in [0.1, 0.15) is 11.6 Å². The number of nitrogens with two attached hydrogens (primary N) is 1. The zero-order valence-corrected chi connectivity index (χ0v) is 7.68. The second kappa shape index (κ2) is 4.10. The molecule has 14 heavy (non-hydrogen) atoms. The van der Waals surface area contributed by atoms with E-state index in [2.05, 4.69) is 9.97 Å². The van der Waals surface area contributed by atoms with Gasteiger partial charge in [-0.05, 0) is 0 Å². The van der Waals surface area contributed by atoms with Gasteiger partial charge in [-0.3, -0.25) is 4.98 Å². The molecule has 0 aromatic carbocycles. The first-order valence-corrected chi connectivity index (χ1v) is 4.07. The lowest BCUT2D eigenvalue weighted by molar-refractivity contribution is -0.148. The normalized spacial score (nSPS) is 14.1. The predicted molar refractivity (Wildman–Crippen MR) is 44.9 cm³/mol. The van der Waals surface area contributed by atoms with Gasteiger partial charge in [0.05, 0.1) is 18.1 Å². The number of alkyl halides is 3. The Labute approximate surface area is 83.1 Å². The lowest BCUT2D eigenvalue weighted by atomic mass is 10.1. The zero-order valence-electron chi connectivity index (χ0n) is 6.92. The van der Waals surface area contributed by atoms with Gasteiger partial charge in [0.2, 0.25) is 0 Å². The molecule has 2 N–H and O–H groups in total. The summed E-state index contributed by atoms with van der Waals surface area (Å²) in [5, 5.41) is 0.0479. The fourth-order valence-electron chi connectivity index (χ4n) is 0.924. The molecule has 0 saturated heterocycles. The molecule has 1 rings (SSSR count). The minimum absolute atomic E-state index is 0.0479. The number of hydrogen-bond donors (Lipinski definition) is 1. The summed E-state index contributed by atoms with van der Waals surface area (Å²) in [6.45, 7) is -0.556. The molecule has 0 aliphatic rings. The Bertz CT molecular complexity index is 298. The summed E-state index contributed by atoms with van der Waals surface area (Å²) in [6, 6.07) is 0. The van der Waals surface area contributed by atoms with E-state index in [4.69, 9.17) is 17.3 Å². The minimum Gasteiger partial charge on any atom is -0.329 e. The van der Waals surface area contributed by atoms with Crippen molar-refractivity contribution in [3.8, 4) is 0 Å². The van der Waals surface area contributed by atoms with Crippen molar-refractivity contribution in [2.45, 2.75) is 12.1 Å². The second-order valence-electron chi connectivity index (χ2n) is 2.59. The Morgan fingerprint density at radius 2 is 2.00 bits per heavy atom. The van der Waals surface area contributed by atoms with Crippen molar-refractivity contribution in [2.24, 2.45) is 5.73 Å². The lowest BCUT2D eigenvalue weighted by Gasteiger charge is -2.17. The Balaban J connectivity index is 2.96. The van der Waals surface area contributed by atoms with Crippen LogP contribution in [-0.4, -0.2) is 22.7 Å². The van der Waals surface area contributed by atoms with Gasteiger partial charge < -0.3 is 5.73 Å². The molecule has 0 radical (unpaired) electrons. The summed E-state index contributed by atoms with van der Waals surface area (Å²) >= 11 is 5.39. The highest BCUT2D eigenvalue weighted by molar-refractivity contribution is 6.29. The van der Waals surface area contributed by atoms with Crippen LogP contribution in [0.25, 0.3) is 0 Å². The first kappa shape index (κ1) is 11.2. The average Bonchev–Trinajstić information content (AvgIpc) is 2.07. The standard InChI is InChI=1S/C7H7ClF3N3/c8-6-3-13-5(2-14-6)4(1-12)7(9,10)11/h2-4H,1,12H2. The molecule has 7 heteroatoms. The quantitative estimate of drug-likeness (QED) is 0.834. The maximum atomic E-state index is 12.3. The Morgan fingerprint density at radius 1 is 1.36 bits per heavy atom. The largest absolute Gasteiger partial charge is 0.398 e. The molecule has 0 bridgehead atoms. The van der Waals surface area contributed by atoms with E-state index in [0.717, 1.165) is 12.4 Å². The highest BCUT2D eigenvalue weighted by Gasteiger charge is 2.40. The van der Waals surface area contributed by atoms with Crippen LogP contribution in [0.4, 0.5) is 13.2 Å². The van der Waals surface area contributed by atoms with Gasteiger partial charge in [-0.2, -0.15) is 13.2 Å². The third-order valence-electron chi connectivity index (χ3n) is 1.63. The summed E-state index contributed by atoms with van der Waals surface area (Å²) in [6.07, 6.45) is -2.37. The molecule has 0 aliphatic carbocycles. The van der Waals surface area contributed by atoms with Crippen molar-refractivity contribution in [1.29, 1.82) is 0 Å². The fraction of sp³-hybridized carbons (Fsp3) is 0.429. The summed E-state index contributed by atoms with van der Waals surface area (Å²) in [4.78, 5) is 7.03. The zero-order chi connectivity index (χ0) is 10.8. The maximum absolute atomic E-state index is 12.3. The van der Waals surface area contributed by atoms with E-state index in [1.807, 2.05) is 0 Å². The molecule has 0 aliphatic heterocycles. The van der Waals surface area contributed by atoms with Crippen molar-refractivity contribution < 1.29 is 13.2 Å². The van der Waals surface area contributed by atoms with E-state index in [9.17, 15) is 13.2 Å². The fourth-order valence-corrected chi connectivity index (χ4v) is 1.02. The van der Waals surface area contributed by atoms with E-state index in [-0.39, 0.29) is 10.8 Å². The number of hydrogen-bond acceptors (Lipinski definition) is 3. The Hall–Kier alpha value is -0.880. The number of halogens is 4. The van der Waals surface area contributed by atoms with Crippen LogP contribution in [0, 0.1) is 0 Å². The SMILES string of the molecule is NCC(c1cnc(Cl)cn1)C(F)(F)F. The molecule has 0 amide bonds. The molecule has 0 fully saturated rings. The van der Waals surface area contributed by atoms with Gasteiger partial charge in [0.15, 0.2) is 0 Å². The second-order valence-corrected chi connectivity index (χ2v) is 2.98. The first-order valence-electron chi connectivity index (χ1n) is 3.69. The van der Waals surface area contributed by atoms with Crippen LogP contribution in [-0.2, 0) is 0 Å². The summed E-state index contributed by atoms with van der Waals surface area (Å²) < 4.78 is 37.0. The molecule has 0 saturated carbocycles. The monoisotopic (exact) mass is 225 g/mol. The van der Waals surface area contributed by atoms with Crippen LogP contribution in [0.5, 0.6) is 0 Å². The number of rotatable bonds is 2. The van der Waals surface area contributed by atoms with Crippen molar-refractivity contribution >= 4 is 11.6 Å². The Kier molecular flexibility index (Phi) is 3.28.